The van der Waals surface area contributed by atoms with Gasteiger partial charge in [-0.15, -0.1) is 0 Å². The average molecular weight is 370 g/mol. The van der Waals surface area contributed by atoms with Crippen LogP contribution in [-0.4, -0.2) is 38.0 Å². The second-order valence-corrected chi connectivity index (χ2v) is 6.85. The van der Waals surface area contributed by atoms with Crippen LogP contribution in [0.1, 0.15) is 18.3 Å². The minimum absolute atomic E-state index is 0.101. The molecular weight excluding hydrogens is 348 g/mol. The number of anilines is 2. The largest absolute Gasteiger partial charge is 0.370 e. The number of amides is 1. The monoisotopic (exact) mass is 370 g/mol. The van der Waals surface area contributed by atoms with Crippen LogP contribution in [-0.2, 0) is 11.8 Å². The second kappa shape index (κ2) is 7.74. The Morgan fingerprint density at radius 2 is 2.00 bits per heavy atom. The number of carbonyl (C=O) groups excluding carboxylic acids is 1. The molecule has 0 radical (unpaired) electrons. The summed E-state index contributed by atoms with van der Waals surface area (Å²) in [4.78, 5) is 21.4. The number of nitrogens with one attached hydrogen (secondary N) is 2. The molecule has 2 aromatic heterocycles. The SMILES string of the molecule is CCNc1nc(SCC(=O)Nc2c(C)nn(C)c2C)nc2ccccc12. The van der Waals surface area contributed by atoms with Gasteiger partial charge in [0.25, 0.3) is 0 Å². The number of aromatic nitrogens is 4. The zero-order valence-corrected chi connectivity index (χ0v) is 16.1. The summed E-state index contributed by atoms with van der Waals surface area (Å²) in [5, 5.41) is 12.1. The van der Waals surface area contributed by atoms with Crippen LogP contribution in [0.15, 0.2) is 29.4 Å². The molecule has 26 heavy (non-hydrogen) atoms. The van der Waals surface area contributed by atoms with Crippen LogP contribution in [0, 0.1) is 13.8 Å². The number of nitrogens with zero attached hydrogens (tertiary/aromatic N) is 4. The molecule has 7 nitrogen and oxygen atoms in total. The number of benzene rings is 1. The van der Waals surface area contributed by atoms with E-state index in [1.165, 1.54) is 11.8 Å². The number of hydrogen-bond donors (Lipinski definition) is 2. The Balaban J connectivity index is 1.73. The Hall–Kier alpha value is -2.61. The fourth-order valence-corrected chi connectivity index (χ4v) is 3.33. The van der Waals surface area contributed by atoms with Crippen LogP contribution in [0.2, 0.25) is 0 Å². The van der Waals surface area contributed by atoms with Crippen LogP contribution in [0.3, 0.4) is 0 Å². The molecule has 0 spiro atoms. The lowest BCUT2D eigenvalue weighted by molar-refractivity contribution is -0.113. The van der Waals surface area contributed by atoms with Crippen molar-refractivity contribution >= 4 is 40.1 Å². The molecule has 0 atom stereocenters. The molecule has 3 rings (SSSR count). The second-order valence-electron chi connectivity index (χ2n) is 5.91. The van der Waals surface area contributed by atoms with E-state index < -0.39 is 0 Å². The van der Waals surface area contributed by atoms with E-state index in [0.29, 0.717) is 5.16 Å². The first-order valence-electron chi connectivity index (χ1n) is 8.43. The molecule has 0 unspecified atom stereocenters. The van der Waals surface area contributed by atoms with E-state index in [1.807, 2.05) is 52.1 Å². The van der Waals surface area contributed by atoms with E-state index in [4.69, 9.17) is 0 Å². The summed E-state index contributed by atoms with van der Waals surface area (Å²) in [6.45, 7) is 6.60. The van der Waals surface area contributed by atoms with Crippen molar-refractivity contribution in [1.82, 2.24) is 19.7 Å². The summed E-state index contributed by atoms with van der Waals surface area (Å²) < 4.78 is 1.76. The van der Waals surface area contributed by atoms with Crippen molar-refractivity contribution in [3.05, 3.63) is 35.7 Å². The minimum Gasteiger partial charge on any atom is -0.370 e. The lowest BCUT2D eigenvalue weighted by atomic mass is 10.2. The van der Waals surface area contributed by atoms with Gasteiger partial charge in [0.05, 0.1) is 28.3 Å². The number of hydrogen-bond acceptors (Lipinski definition) is 6. The molecule has 0 fully saturated rings. The van der Waals surface area contributed by atoms with E-state index in [9.17, 15) is 4.79 Å². The normalized spacial score (nSPS) is 10.9. The van der Waals surface area contributed by atoms with Crippen molar-refractivity contribution in [2.45, 2.75) is 25.9 Å². The van der Waals surface area contributed by atoms with Gasteiger partial charge < -0.3 is 10.6 Å². The Bertz CT molecular complexity index is 952. The van der Waals surface area contributed by atoms with Gasteiger partial charge in [-0.1, -0.05) is 23.9 Å². The third-order valence-electron chi connectivity index (χ3n) is 4.03. The maximum atomic E-state index is 12.3. The lowest BCUT2D eigenvalue weighted by Gasteiger charge is -2.09. The lowest BCUT2D eigenvalue weighted by Crippen LogP contribution is -2.15. The highest BCUT2D eigenvalue weighted by Gasteiger charge is 2.14. The summed E-state index contributed by atoms with van der Waals surface area (Å²) in [5.41, 5.74) is 3.36. The van der Waals surface area contributed by atoms with E-state index >= 15 is 0 Å². The van der Waals surface area contributed by atoms with Gasteiger partial charge in [0, 0.05) is 19.0 Å². The molecule has 8 heteroatoms. The van der Waals surface area contributed by atoms with Crippen LogP contribution in [0.5, 0.6) is 0 Å². The zero-order valence-electron chi connectivity index (χ0n) is 15.3. The molecular formula is C18H22N6OS. The van der Waals surface area contributed by atoms with Gasteiger partial charge in [-0.25, -0.2) is 9.97 Å². The summed E-state index contributed by atoms with van der Waals surface area (Å²) in [6.07, 6.45) is 0. The third-order valence-corrected chi connectivity index (χ3v) is 4.88. The number of rotatable bonds is 6. The Morgan fingerprint density at radius 1 is 1.23 bits per heavy atom. The fourth-order valence-electron chi connectivity index (χ4n) is 2.68. The van der Waals surface area contributed by atoms with Crippen molar-refractivity contribution in [3.8, 4) is 0 Å². The summed E-state index contributed by atoms with van der Waals surface area (Å²) >= 11 is 1.32. The first-order valence-corrected chi connectivity index (χ1v) is 9.41. The van der Waals surface area contributed by atoms with E-state index in [0.717, 1.165) is 40.3 Å². The summed E-state index contributed by atoms with van der Waals surface area (Å²) in [5.74, 6) is 0.924. The fraction of sp³-hybridized carbons (Fsp3) is 0.333. The van der Waals surface area contributed by atoms with Gasteiger partial charge >= 0.3 is 0 Å². The zero-order chi connectivity index (χ0) is 18.7. The van der Waals surface area contributed by atoms with Gasteiger partial charge in [0.2, 0.25) is 5.91 Å². The summed E-state index contributed by atoms with van der Waals surface area (Å²) in [7, 11) is 1.86. The Labute approximate surface area is 156 Å². The molecule has 2 heterocycles. The van der Waals surface area contributed by atoms with E-state index in [2.05, 4.69) is 25.7 Å². The van der Waals surface area contributed by atoms with Gasteiger partial charge in [-0.3, -0.25) is 9.48 Å². The molecule has 0 aliphatic heterocycles. The number of thioether (sulfide) groups is 1. The molecule has 136 valence electrons. The van der Waals surface area contributed by atoms with Gasteiger partial charge in [-0.05, 0) is 32.9 Å². The van der Waals surface area contributed by atoms with Gasteiger partial charge in [0.1, 0.15) is 5.82 Å². The van der Waals surface area contributed by atoms with Crippen LogP contribution >= 0.6 is 11.8 Å². The predicted molar refractivity (Wildman–Crippen MR) is 106 cm³/mol. The van der Waals surface area contributed by atoms with Crippen molar-refractivity contribution in [1.29, 1.82) is 0 Å². The average Bonchev–Trinajstić information content (AvgIpc) is 2.86. The van der Waals surface area contributed by atoms with Crippen molar-refractivity contribution < 1.29 is 4.79 Å². The minimum atomic E-state index is -0.101. The van der Waals surface area contributed by atoms with Gasteiger partial charge in [0.15, 0.2) is 5.16 Å². The highest BCUT2D eigenvalue weighted by Crippen LogP contribution is 2.25. The van der Waals surface area contributed by atoms with Crippen molar-refractivity contribution in [2.24, 2.45) is 7.05 Å². The molecule has 0 aliphatic carbocycles. The smallest absolute Gasteiger partial charge is 0.234 e. The van der Waals surface area contributed by atoms with Gasteiger partial charge in [-0.2, -0.15) is 5.10 Å². The quantitative estimate of drug-likeness (QED) is 0.512. The number of para-hydroxylation sites is 1. The highest BCUT2D eigenvalue weighted by atomic mass is 32.2. The van der Waals surface area contributed by atoms with Crippen molar-refractivity contribution in [2.75, 3.05) is 22.9 Å². The first-order chi connectivity index (χ1) is 12.5. The number of carbonyl (C=O) groups is 1. The predicted octanol–water partition coefficient (Wildman–Crippen LogP) is 3.14. The Morgan fingerprint density at radius 3 is 2.69 bits per heavy atom. The highest BCUT2D eigenvalue weighted by molar-refractivity contribution is 7.99. The molecule has 1 aromatic carbocycles. The standard InChI is InChI=1S/C18H22N6OS/c1-5-19-17-13-8-6-7-9-14(13)20-18(22-17)26-10-15(25)21-16-11(2)23-24(4)12(16)3/h6-9H,5,10H2,1-4H3,(H,21,25)(H,19,20,22). The molecule has 0 saturated heterocycles. The number of aryl methyl sites for hydroxylation is 2. The Kier molecular flexibility index (Phi) is 5.41. The van der Waals surface area contributed by atoms with E-state index in [-0.39, 0.29) is 11.7 Å². The van der Waals surface area contributed by atoms with Crippen LogP contribution in [0.25, 0.3) is 10.9 Å². The number of fused-ring (bicyclic) bond motifs is 1. The molecule has 0 saturated carbocycles. The topological polar surface area (TPSA) is 84.7 Å². The maximum Gasteiger partial charge on any atom is 0.234 e. The molecule has 1 amide bonds. The molecule has 3 aromatic rings. The van der Waals surface area contributed by atoms with Crippen LogP contribution in [0.4, 0.5) is 11.5 Å². The first kappa shape index (κ1) is 18.2. The van der Waals surface area contributed by atoms with E-state index in [1.54, 1.807) is 4.68 Å². The molecule has 2 N–H and O–H groups in total. The summed E-state index contributed by atoms with van der Waals surface area (Å²) in [6, 6.07) is 7.85. The molecule has 0 bridgehead atoms. The van der Waals surface area contributed by atoms with Crippen molar-refractivity contribution in [3.63, 3.8) is 0 Å². The third kappa shape index (κ3) is 3.80. The van der Waals surface area contributed by atoms with Crippen LogP contribution < -0.4 is 10.6 Å². The maximum absolute atomic E-state index is 12.3. The molecule has 0 aliphatic rings.